The lowest BCUT2D eigenvalue weighted by molar-refractivity contribution is 0.0274. The van der Waals surface area contributed by atoms with E-state index in [0.29, 0.717) is 13.2 Å². The summed E-state index contributed by atoms with van der Waals surface area (Å²) in [6, 6.07) is 16.5. The van der Waals surface area contributed by atoms with Crippen LogP contribution in [0, 0.1) is 0 Å². The number of rotatable bonds is 5. The van der Waals surface area contributed by atoms with Crippen LogP contribution in [0.4, 0.5) is 4.79 Å². The van der Waals surface area contributed by atoms with E-state index < -0.39 is 6.09 Å². The van der Waals surface area contributed by atoms with Gasteiger partial charge in [-0.1, -0.05) is 55.5 Å². The molecule has 0 fully saturated rings. The van der Waals surface area contributed by atoms with Crippen molar-refractivity contribution in [3.63, 3.8) is 0 Å². The topological polar surface area (TPSA) is 47.6 Å². The summed E-state index contributed by atoms with van der Waals surface area (Å²) in [5.74, 6) is 0.0734. The molecule has 0 bridgehead atoms. The largest absolute Gasteiger partial charge is 0.447 e. The summed E-state index contributed by atoms with van der Waals surface area (Å²) in [4.78, 5) is 16.6. The van der Waals surface area contributed by atoms with Gasteiger partial charge in [0.2, 0.25) is 0 Å². The predicted octanol–water partition coefficient (Wildman–Crippen LogP) is 3.87. The number of carbonyl (C=O) groups excluding carboxylic acids is 1. The Morgan fingerprint density at radius 1 is 1.05 bits per heavy atom. The minimum Gasteiger partial charge on any atom is -0.447 e. The van der Waals surface area contributed by atoms with E-state index in [1.165, 1.54) is 22.3 Å². The molecule has 0 spiro atoms. The average Bonchev–Trinajstić information content (AvgIpc) is 2.87. The van der Waals surface area contributed by atoms with Crippen LogP contribution in [0.2, 0.25) is 0 Å². The van der Waals surface area contributed by atoms with Crippen LogP contribution in [0.3, 0.4) is 0 Å². The van der Waals surface area contributed by atoms with Crippen molar-refractivity contribution in [1.82, 2.24) is 5.48 Å². The molecule has 114 valence electrons. The Bertz CT molecular complexity index is 623. The molecule has 1 aliphatic carbocycles. The SMILES string of the molecule is CCCONC(=O)OCC1c2ccccc2-c2ccccc21. The van der Waals surface area contributed by atoms with E-state index in [1.54, 1.807) is 0 Å². The van der Waals surface area contributed by atoms with Crippen LogP contribution in [-0.2, 0) is 9.57 Å². The van der Waals surface area contributed by atoms with Gasteiger partial charge in [-0.3, -0.25) is 4.84 Å². The second-order valence-electron chi connectivity index (χ2n) is 5.28. The molecule has 0 radical (unpaired) electrons. The van der Waals surface area contributed by atoms with Crippen LogP contribution >= 0.6 is 0 Å². The number of fused-ring (bicyclic) bond motifs is 3. The van der Waals surface area contributed by atoms with Gasteiger partial charge < -0.3 is 4.74 Å². The van der Waals surface area contributed by atoms with Crippen LogP contribution in [0.25, 0.3) is 11.1 Å². The van der Waals surface area contributed by atoms with Crippen molar-refractivity contribution in [2.24, 2.45) is 0 Å². The van der Waals surface area contributed by atoms with Gasteiger partial charge in [0.1, 0.15) is 6.61 Å². The Morgan fingerprint density at radius 3 is 2.23 bits per heavy atom. The first kappa shape index (κ1) is 14.6. The molecular weight excluding hydrogens is 278 g/mol. The number of ether oxygens (including phenoxy) is 1. The molecular formula is C18H19NO3. The molecule has 2 aromatic rings. The minimum absolute atomic E-state index is 0.0734. The first-order valence-corrected chi connectivity index (χ1v) is 7.54. The third-order valence-electron chi connectivity index (χ3n) is 3.81. The Kier molecular flexibility index (Phi) is 4.39. The lowest BCUT2D eigenvalue weighted by Crippen LogP contribution is -2.26. The molecule has 0 aromatic heterocycles. The summed E-state index contributed by atoms with van der Waals surface area (Å²) in [6.07, 6.45) is 0.291. The zero-order valence-corrected chi connectivity index (χ0v) is 12.5. The highest BCUT2D eigenvalue weighted by atomic mass is 16.7. The molecule has 4 heteroatoms. The van der Waals surface area contributed by atoms with Gasteiger partial charge in [0.15, 0.2) is 0 Å². The third kappa shape index (κ3) is 2.83. The molecule has 2 aromatic carbocycles. The Labute approximate surface area is 130 Å². The van der Waals surface area contributed by atoms with E-state index in [9.17, 15) is 4.79 Å². The van der Waals surface area contributed by atoms with Gasteiger partial charge in [-0.05, 0) is 28.7 Å². The molecule has 1 aliphatic rings. The first-order valence-electron chi connectivity index (χ1n) is 7.54. The fourth-order valence-corrected chi connectivity index (χ4v) is 2.84. The normalized spacial score (nSPS) is 12.6. The Hall–Kier alpha value is -2.33. The van der Waals surface area contributed by atoms with Crippen LogP contribution < -0.4 is 5.48 Å². The van der Waals surface area contributed by atoms with E-state index in [0.717, 1.165) is 6.42 Å². The van der Waals surface area contributed by atoms with E-state index in [-0.39, 0.29) is 5.92 Å². The lowest BCUT2D eigenvalue weighted by atomic mass is 9.98. The second-order valence-corrected chi connectivity index (χ2v) is 5.28. The van der Waals surface area contributed by atoms with Crippen LogP contribution in [-0.4, -0.2) is 19.3 Å². The van der Waals surface area contributed by atoms with Crippen molar-refractivity contribution >= 4 is 6.09 Å². The first-order chi connectivity index (χ1) is 10.8. The van der Waals surface area contributed by atoms with Crippen LogP contribution in [0.5, 0.6) is 0 Å². The van der Waals surface area contributed by atoms with Crippen LogP contribution in [0.15, 0.2) is 48.5 Å². The van der Waals surface area contributed by atoms with Crippen LogP contribution in [0.1, 0.15) is 30.4 Å². The number of hydroxylamine groups is 1. The number of amides is 1. The fraction of sp³-hybridized carbons (Fsp3) is 0.278. The van der Waals surface area contributed by atoms with Gasteiger partial charge in [-0.25, -0.2) is 4.79 Å². The maximum Gasteiger partial charge on any atom is 0.431 e. The highest BCUT2D eigenvalue weighted by Crippen LogP contribution is 2.44. The van der Waals surface area contributed by atoms with Gasteiger partial charge in [0.05, 0.1) is 6.61 Å². The molecule has 0 unspecified atom stereocenters. The van der Waals surface area contributed by atoms with Crippen molar-refractivity contribution in [2.75, 3.05) is 13.2 Å². The van der Waals surface area contributed by atoms with E-state index in [1.807, 2.05) is 31.2 Å². The zero-order valence-electron chi connectivity index (χ0n) is 12.5. The predicted molar refractivity (Wildman–Crippen MR) is 84.4 cm³/mol. The van der Waals surface area contributed by atoms with Gasteiger partial charge in [-0.15, -0.1) is 0 Å². The lowest BCUT2D eigenvalue weighted by Gasteiger charge is -2.14. The number of benzene rings is 2. The quantitative estimate of drug-likeness (QED) is 0.673. The fourth-order valence-electron chi connectivity index (χ4n) is 2.84. The van der Waals surface area contributed by atoms with Crippen molar-refractivity contribution in [2.45, 2.75) is 19.3 Å². The highest BCUT2D eigenvalue weighted by Gasteiger charge is 2.28. The summed E-state index contributed by atoms with van der Waals surface area (Å²) in [5, 5.41) is 0. The molecule has 3 rings (SSSR count). The third-order valence-corrected chi connectivity index (χ3v) is 3.81. The highest BCUT2D eigenvalue weighted by molar-refractivity contribution is 5.79. The van der Waals surface area contributed by atoms with E-state index >= 15 is 0 Å². The molecule has 4 nitrogen and oxygen atoms in total. The summed E-state index contributed by atoms with van der Waals surface area (Å²) >= 11 is 0. The monoisotopic (exact) mass is 297 g/mol. The molecule has 0 saturated heterocycles. The number of hydrogen-bond acceptors (Lipinski definition) is 3. The summed E-state index contributed by atoms with van der Waals surface area (Å²) in [6.45, 7) is 2.75. The standard InChI is InChI=1S/C18H19NO3/c1-2-11-22-19-18(20)21-12-17-15-9-5-3-7-13(15)14-8-4-6-10-16(14)17/h3-10,17H,2,11-12H2,1H3,(H,19,20). The van der Waals surface area contributed by atoms with Crippen molar-refractivity contribution in [3.8, 4) is 11.1 Å². The Balaban J connectivity index is 1.73. The minimum atomic E-state index is -0.546. The summed E-state index contributed by atoms with van der Waals surface area (Å²) in [7, 11) is 0. The molecule has 1 amide bonds. The molecule has 0 saturated carbocycles. The molecule has 0 atom stereocenters. The molecule has 22 heavy (non-hydrogen) atoms. The van der Waals surface area contributed by atoms with Gasteiger partial charge >= 0.3 is 6.09 Å². The molecule has 1 N–H and O–H groups in total. The Morgan fingerprint density at radius 2 is 1.64 bits per heavy atom. The average molecular weight is 297 g/mol. The number of hydrogen-bond donors (Lipinski definition) is 1. The molecule has 0 aliphatic heterocycles. The van der Waals surface area contributed by atoms with Crippen molar-refractivity contribution in [3.05, 3.63) is 59.7 Å². The van der Waals surface area contributed by atoms with E-state index in [4.69, 9.17) is 9.57 Å². The molecule has 0 heterocycles. The summed E-state index contributed by atoms with van der Waals surface area (Å²) in [5.41, 5.74) is 7.13. The van der Waals surface area contributed by atoms with Crippen molar-refractivity contribution in [1.29, 1.82) is 0 Å². The maximum atomic E-state index is 11.6. The van der Waals surface area contributed by atoms with Gasteiger partial charge in [0.25, 0.3) is 0 Å². The smallest absolute Gasteiger partial charge is 0.431 e. The maximum absolute atomic E-state index is 11.6. The number of carbonyl (C=O) groups is 1. The second kappa shape index (κ2) is 6.62. The van der Waals surface area contributed by atoms with Gasteiger partial charge in [-0.2, -0.15) is 5.48 Å². The number of nitrogens with one attached hydrogen (secondary N) is 1. The zero-order chi connectivity index (χ0) is 15.4. The summed E-state index contributed by atoms with van der Waals surface area (Å²) < 4.78 is 5.31. The van der Waals surface area contributed by atoms with E-state index in [2.05, 4.69) is 29.7 Å². The van der Waals surface area contributed by atoms with Gasteiger partial charge in [0, 0.05) is 5.92 Å². The van der Waals surface area contributed by atoms with Crippen molar-refractivity contribution < 1.29 is 14.4 Å².